The topological polar surface area (TPSA) is 116 Å². The molecule has 2 heterocycles. The van der Waals surface area contributed by atoms with Crippen LogP contribution in [0.1, 0.15) is 21.0 Å². The van der Waals surface area contributed by atoms with Crippen molar-refractivity contribution in [2.45, 2.75) is 0 Å². The first kappa shape index (κ1) is 9.97. The standard InChI is InChI=1S/C9H6N2O5/c12-8(13)5-6(9(14)15)11-7(10-5)4-2-1-3-16-4/h1-3H,(H,10,11)(H,12,13)(H,14,15). The van der Waals surface area contributed by atoms with E-state index in [9.17, 15) is 9.59 Å². The van der Waals surface area contributed by atoms with E-state index < -0.39 is 23.3 Å². The van der Waals surface area contributed by atoms with Crippen LogP contribution in [0.4, 0.5) is 0 Å². The first-order valence-corrected chi connectivity index (χ1v) is 4.20. The lowest BCUT2D eigenvalue weighted by Gasteiger charge is -1.88. The van der Waals surface area contributed by atoms with Crippen molar-refractivity contribution in [1.29, 1.82) is 0 Å². The van der Waals surface area contributed by atoms with Crippen LogP contribution in [0.25, 0.3) is 11.6 Å². The third-order valence-electron chi connectivity index (χ3n) is 1.87. The molecule has 0 aliphatic rings. The fourth-order valence-electron chi connectivity index (χ4n) is 1.21. The zero-order valence-corrected chi connectivity index (χ0v) is 7.80. The number of imidazole rings is 1. The molecular weight excluding hydrogens is 216 g/mol. The van der Waals surface area contributed by atoms with E-state index in [0.29, 0.717) is 0 Å². The Morgan fingerprint density at radius 1 is 1.31 bits per heavy atom. The van der Waals surface area contributed by atoms with Crippen LogP contribution in [0.5, 0.6) is 0 Å². The molecule has 2 aromatic rings. The van der Waals surface area contributed by atoms with Crippen LogP contribution in [0, 0.1) is 0 Å². The molecule has 0 fully saturated rings. The Bertz CT molecular complexity index is 509. The van der Waals surface area contributed by atoms with Crippen molar-refractivity contribution in [3.8, 4) is 11.6 Å². The summed E-state index contributed by atoms with van der Waals surface area (Å²) in [5.74, 6) is -2.45. The molecule has 0 saturated heterocycles. The largest absolute Gasteiger partial charge is 0.477 e. The van der Waals surface area contributed by atoms with Gasteiger partial charge < -0.3 is 19.6 Å². The van der Waals surface area contributed by atoms with Gasteiger partial charge in [-0.2, -0.15) is 0 Å². The zero-order valence-electron chi connectivity index (χ0n) is 7.80. The maximum atomic E-state index is 10.7. The number of nitrogens with one attached hydrogen (secondary N) is 1. The van der Waals surface area contributed by atoms with E-state index in [1.807, 2.05) is 0 Å². The Kier molecular flexibility index (Phi) is 2.20. The predicted octanol–water partition coefficient (Wildman–Crippen LogP) is 1.07. The Hall–Kier alpha value is -2.57. The maximum absolute atomic E-state index is 10.7. The van der Waals surface area contributed by atoms with Gasteiger partial charge in [0, 0.05) is 0 Å². The minimum Gasteiger partial charge on any atom is -0.477 e. The van der Waals surface area contributed by atoms with Gasteiger partial charge in [0.25, 0.3) is 0 Å². The second-order valence-corrected chi connectivity index (χ2v) is 2.90. The molecule has 0 amide bonds. The van der Waals surface area contributed by atoms with Crippen molar-refractivity contribution in [1.82, 2.24) is 9.97 Å². The number of hydrogen-bond acceptors (Lipinski definition) is 4. The highest BCUT2D eigenvalue weighted by molar-refractivity contribution is 5.99. The summed E-state index contributed by atoms with van der Waals surface area (Å²) in [5, 5.41) is 17.5. The fourth-order valence-corrected chi connectivity index (χ4v) is 1.21. The quantitative estimate of drug-likeness (QED) is 0.714. The third kappa shape index (κ3) is 1.54. The summed E-state index contributed by atoms with van der Waals surface area (Å²) in [5.41, 5.74) is -1.02. The number of hydrogen-bond donors (Lipinski definition) is 3. The van der Waals surface area contributed by atoms with Crippen LogP contribution in [-0.4, -0.2) is 32.1 Å². The van der Waals surface area contributed by atoms with E-state index in [1.165, 1.54) is 12.3 Å². The van der Waals surface area contributed by atoms with Crippen LogP contribution in [-0.2, 0) is 0 Å². The molecule has 0 unspecified atom stereocenters. The van der Waals surface area contributed by atoms with E-state index in [1.54, 1.807) is 6.07 Å². The summed E-state index contributed by atoms with van der Waals surface area (Å²) in [6.45, 7) is 0. The maximum Gasteiger partial charge on any atom is 0.357 e. The van der Waals surface area contributed by atoms with Gasteiger partial charge in [0.05, 0.1) is 6.26 Å². The molecular formula is C9H6N2O5. The molecule has 0 aromatic carbocycles. The van der Waals surface area contributed by atoms with Gasteiger partial charge in [-0.3, -0.25) is 0 Å². The molecule has 0 atom stereocenters. The molecule has 0 aliphatic carbocycles. The molecule has 0 aliphatic heterocycles. The van der Waals surface area contributed by atoms with Gasteiger partial charge in [0.1, 0.15) is 0 Å². The lowest BCUT2D eigenvalue weighted by Crippen LogP contribution is -2.07. The van der Waals surface area contributed by atoms with Crippen LogP contribution in [0.2, 0.25) is 0 Å². The van der Waals surface area contributed by atoms with Crippen molar-refractivity contribution in [2.75, 3.05) is 0 Å². The fraction of sp³-hybridized carbons (Fsp3) is 0. The van der Waals surface area contributed by atoms with Crippen molar-refractivity contribution in [3.63, 3.8) is 0 Å². The second kappa shape index (κ2) is 3.54. The number of aromatic amines is 1. The monoisotopic (exact) mass is 222 g/mol. The average Bonchev–Trinajstić information content (AvgIpc) is 2.86. The first-order valence-electron chi connectivity index (χ1n) is 4.20. The Morgan fingerprint density at radius 2 is 2.06 bits per heavy atom. The van der Waals surface area contributed by atoms with E-state index in [4.69, 9.17) is 14.6 Å². The molecule has 0 radical (unpaired) electrons. The number of furan rings is 1. The molecule has 0 bridgehead atoms. The van der Waals surface area contributed by atoms with Crippen LogP contribution >= 0.6 is 0 Å². The van der Waals surface area contributed by atoms with E-state index in [2.05, 4.69) is 9.97 Å². The molecule has 2 aromatic heterocycles. The third-order valence-corrected chi connectivity index (χ3v) is 1.87. The molecule has 2 rings (SSSR count). The average molecular weight is 222 g/mol. The molecule has 3 N–H and O–H groups in total. The number of aromatic carboxylic acids is 2. The summed E-state index contributed by atoms with van der Waals surface area (Å²) < 4.78 is 4.97. The Balaban J connectivity index is 2.55. The van der Waals surface area contributed by atoms with E-state index in [-0.39, 0.29) is 11.6 Å². The first-order chi connectivity index (χ1) is 7.59. The van der Waals surface area contributed by atoms with Gasteiger partial charge in [-0.15, -0.1) is 0 Å². The number of nitrogens with zero attached hydrogens (tertiary/aromatic N) is 1. The number of carboxylic acids is 2. The number of carbonyl (C=O) groups is 2. The number of carboxylic acid groups (broad SMARTS) is 2. The summed E-state index contributed by atoms with van der Waals surface area (Å²) in [7, 11) is 0. The summed E-state index contributed by atoms with van der Waals surface area (Å²) in [6.07, 6.45) is 1.37. The summed E-state index contributed by atoms with van der Waals surface area (Å²) in [6, 6.07) is 3.12. The summed E-state index contributed by atoms with van der Waals surface area (Å²) >= 11 is 0. The van der Waals surface area contributed by atoms with Gasteiger partial charge in [-0.25, -0.2) is 14.6 Å². The van der Waals surface area contributed by atoms with E-state index in [0.717, 1.165) is 0 Å². The Labute approximate surface area is 88.4 Å². The van der Waals surface area contributed by atoms with Crippen LogP contribution in [0.3, 0.4) is 0 Å². The molecule has 82 valence electrons. The summed E-state index contributed by atoms with van der Waals surface area (Å²) in [4.78, 5) is 27.5. The SMILES string of the molecule is O=C(O)c1nc(-c2ccco2)[nH]c1C(=O)O. The highest BCUT2D eigenvalue weighted by atomic mass is 16.4. The predicted molar refractivity (Wildman–Crippen MR) is 50.2 cm³/mol. The lowest BCUT2D eigenvalue weighted by molar-refractivity contribution is 0.0644. The highest BCUT2D eigenvalue weighted by Crippen LogP contribution is 2.18. The van der Waals surface area contributed by atoms with Gasteiger partial charge >= 0.3 is 11.9 Å². The minimum atomic E-state index is -1.41. The van der Waals surface area contributed by atoms with Gasteiger partial charge in [0.15, 0.2) is 23.0 Å². The molecule has 7 heteroatoms. The molecule has 0 saturated carbocycles. The molecule has 0 spiro atoms. The van der Waals surface area contributed by atoms with Gasteiger partial charge in [0.2, 0.25) is 0 Å². The number of aromatic nitrogens is 2. The molecule has 16 heavy (non-hydrogen) atoms. The van der Waals surface area contributed by atoms with Crippen molar-refractivity contribution < 1.29 is 24.2 Å². The minimum absolute atomic E-state index is 0.0693. The van der Waals surface area contributed by atoms with Gasteiger partial charge in [-0.1, -0.05) is 0 Å². The highest BCUT2D eigenvalue weighted by Gasteiger charge is 2.23. The van der Waals surface area contributed by atoms with Crippen molar-refractivity contribution in [3.05, 3.63) is 29.8 Å². The van der Waals surface area contributed by atoms with Gasteiger partial charge in [-0.05, 0) is 12.1 Å². The number of H-pyrrole nitrogens is 1. The number of rotatable bonds is 3. The normalized spacial score (nSPS) is 10.2. The van der Waals surface area contributed by atoms with E-state index >= 15 is 0 Å². The van der Waals surface area contributed by atoms with Crippen molar-refractivity contribution in [2.24, 2.45) is 0 Å². The zero-order chi connectivity index (χ0) is 11.7. The van der Waals surface area contributed by atoms with Crippen LogP contribution < -0.4 is 0 Å². The van der Waals surface area contributed by atoms with Crippen LogP contribution in [0.15, 0.2) is 22.8 Å². The van der Waals surface area contributed by atoms with Crippen molar-refractivity contribution >= 4 is 11.9 Å². The molecule has 7 nitrogen and oxygen atoms in total. The second-order valence-electron chi connectivity index (χ2n) is 2.90. The smallest absolute Gasteiger partial charge is 0.357 e. The lowest BCUT2D eigenvalue weighted by atomic mass is 10.3. The Morgan fingerprint density at radius 3 is 2.50 bits per heavy atom.